The van der Waals surface area contributed by atoms with Crippen molar-refractivity contribution in [1.29, 1.82) is 0 Å². The fraction of sp³-hybridized carbons (Fsp3) is 0.344. The number of aromatic nitrogens is 1. The normalized spacial score (nSPS) is 16.9. The number of hydrogen-bond donors (Lipinski definition) is 2. The van der Waals surface area contributed by atoms with E-state index >= 15 is 0 Å². The Labute approximate surface area is 249 Å². The Balaban J connectivity index is 1.27. The minimum Gasteiger partial charge on any atom is -0.487 e. The number of hydrogen-bond acceptors (Lipinski definition) is 7. The van der Waals surface area contributed by atoms with Crippen molar-refractivity contribution in [2.75, 3.05) is 36.9 Å². The summed E-state index contributed by atoms with van der Waals surface area (Å²) in [6.45, 7) is 8.56. The number of nitrogens with zero attached hydrogens (tertiary/aromatic N) is 3. The number of urea groups is 1. The van der Waals surface area contributed by atoms with Crippen molar-refractivity contribution in [1.82, 2.24) is 15.2 Å². The molecule has 2 aromatic heterocycles. The van der Waals surface area contributed by atoms with Gasteiger partial charge in [-0.05, 0) is 95.1 Å². The molecule has 0 bridgehead atoms. The van der Waals surface area contributed by atoms with Gasteiger partial charge in [-0.1, -0.05) is 12.1 Å². The van der Waals surface area contributed by atoms with Gasteiger partial charge >= 0.3 is 6.03 Å². The van der Waals surface area contributed by atoms with Gasteiger partial charge in [-0.25, -0.2) is 9.78 Å². The highest BCUT2D eigenvalue weighted by molar-refractivity contribution is 7.21. The number of nitrogens with one attached hydrogen (secondary N) is 2. The second-order valence-electron chi connectivity index (χ2n) is 11.2. The Morgan fingerprint density at radius 2 is 1.98 bits per heavy atom. The number of para-hydroxylation sites is 2. The van der Waals surface area contributed by atoms with Crippen LogP contribution in [0.5, 0.6) is 17.2 Å². The molecule has 1 atom stereocenters. The molecule has 4 heterocycles. The summed E-state index contributed by atoms with van der Waals surface area (Å²) in [6, 6.07) is 14.7. The third-order valence-corrected chi connectivity index (χ3v) is 8.67. The molecule has 1 fully saturated rings. The number of rotatable bonds is 8. The minimum absolute atomic E-state index is 0.0150. The number of thiophene rings is 1. The Kier molecular flexibility index (Phi) is 7.74. The monoisotopic (exact) mass is 585 g/mol. The van der Waals surface area contributed by atoms with Crippen LogP contribution < -0.4 is 25.0 Å². The summed E-state index contributed by atoms with van der Waals surface area (Å²) >= 11 is 1.30. The van der Waals surface area contributed by atoms with Crippen molar-refractivity contribution >= 4 is 50.6 Å². The van der Waals surface area contributed by atoms with Crippen molar-refractivity contribution in [3.05, 3.63) is 65.2 Å². The fourth-order valence-corrected chi connectivity index (χ4v) is 6.73. The van der Waals surface area contributed by atoms with Crippen LogP contribution in [-0.2, 0) is 0 Å². The average Bonchev–Trinajstić information content (AvgIpc) is 3.33. The number of aryl methyl sites for hydroxylation is 1. The van der Waals surface area contributed by atoms with Gasteiger partial charge in [0, 0.05) is 19.3 Å². The fourth-order valence-electron chi connectivity index (χ4n) is 5.70. The van der Waals surface area contributed by atoms with E-state index in [0.717, 1.165) is 36.9 Å². The molecule has 0 spiro atoms. The highest BCUT2D eigenvalue weighted by Gasteiger charge is 2.33. The molecule has 218 valence electrons. The molecule has 10 heteroatoms. The molecular formula is C32H35N5O4S. The molecule has 6 rings (SSSR count). The smallest absolute Gasteiger partial charge is 0.331 e. The van der Waals surface area contributed by atoms with E-state index < -0.39 is 0 Å². The average molecular weight is 586 g/mol. The number of benzene rings is 2. The topological polar surface area (TPSA) is 96.0 Å². The summed E-state index contributed by atoms with van der Waals surface area (Å²) < 4.78 is 12.1. The van der Waals surface area contributed by atoms with E-state index in [2.05, 4.69) is 27.6 Å². The van der Waals surface area contributed by atoms with Crippen molar-refractivity contribution in [2.45, 2.75) is 39.7 Å². The maximum Gasteiger partial charge on any atom is 0.331 e. The molecule has 3 amide bonds. The Hall–Kier alpha value is -4.15. The summed E-state index contributed by atoms with van der Waals surface area (Å²) in [6.07, 6.45) is 3.93. The summed E-state index contributed by atoms with van der Waals surface area (Å²) in [5.74, 6) is 2.16. The highest BCUT2D eigenvalue weighted by Crippen LogP contribution is 2.46. The number of likely N-dealkylation sites (tertiary alicyclic amines) is 1. The Morgan fingerprint density at radius 3 is 2.74 bits per heavy atom. The van der Waals surface area contributed by atoms with Crippen LogP contribution >= 0.6 is 11.3 Å². The molecule has 0 radical (unpaired) electrons. The number of anilines is 3. The van der Waals surface area contributed by atoms with Gasteiger partial charge in [0.2, 0.25) is 0 Å². The second-order valence-corrected chi connectivity index (χ2v) is 12.2. The van der Waals surface area contributed by atoms with E-state index in [1.165, 1.54) is 11.3 Å². The Morgan fingerprint density at radius 1 is 1.17 bits per heavy atom. The molecule has 0 aliphatic carbocycles. The predicted octanol–water partition coefficient (Wildman–Crippen LogP) is 6.94. The van der Waals surface area contributed by atoms with E-state index in [0.29, 0.717) is 56.5 Å². The van der Waals surface area contributed by atoms with Crippen molar-refractivity contribution in [2.24, 2.45) is 5.92 Å². The molecule has 0 unspecified atom stereocenters. The van der Waals surface area contributed by atoms with Crippen molar-refractivity contribution in [3.8, 4) is 17.2 Å². The summed E-state index contributed by atoms with van der Waals surface area (Å²) in [5.41, 5.74) is 2.78. The lowest BCUT2D eigenvalue weighted by Gasteiger charge is -2.30. The molecular weight excluding hydrogens is 550 g/mol. The zero-order chi connectivity index (χ0) is 29.4. The number of pyridine rings is 1. The van der Waals surface area contributed by atoms with Gasteiger partial charge in [0.05, 0.1) is 28.6 Å². The van der Waals surface area contributed by atoms with Crippen LogP contribution in [0.25, 0.3) is 10.2 Å². The molecule has 42 heavy (non-hydrogen) atoms. The van der Waals surface area contributed by atoms with Crippen LogP contribution in [0.15, 0.2) is 54.7 Å². The third-order valence-electron chi connectivity index (χ3n) is 7.57. The predicted molar refractivity (Wildman–Crippen MR) is 167 cm³/mol. The van der Waals surface area contributed by atoms with Gasteiger partial charge in [-0.15, -0.1) is 11.3 Å². The third kappa shape index (κ3) is 5.52. The first-order valence-corrected chi connectivity index (χ1v) is 15.1. The lowest BCUT2D eigenvalue weighted by molar-refractivity contribution is 0.0941. The molecule has 9 nitrogen and oxygen atoms in total. The van der Waals surface area contributed by atoms with Gasteiger partial charge in [0.1, 0.15) is 15.5 Å². The van der Waals surface area contributed by atoms with E-state index in [1.807, 2.05) is 69.3 Å². The quantitative estimate of drug-likeness (QED) is 0.233. The van der Waals surface area contributed by atoms with E-state index in [-0.39, 0.29) is 18.0 Å². The standard InChI is InChI=1S/C32H35N5O4S/c1-19(2)40-25-9-5-6-10-26(25)41-22-11-12-23(20(3)16-22)37-24-13-14-33-31-27(24)28(35-32(37)39)29(42-31)30(38)34-17-21-8-7-15-36(4)18-21/h5-6,9-14,16,19,21H,7-8,15,17-18H2,1-4H3,(H,34,38)(H,35,39)/t21-/m0/s1. The molecule has 2 aliphatic rings. The molecule has 2 N–H and O–H groups in total. The first kappa shape index (κ1) is 28.0. The van der Waals surface area contributed by atoms with Gasteiger partial charge in [-0.2, -0.15) is 0 Å². The number of amides is 3. The summed E-state index contributed by atoms with van der Waals surface area (Å²) in [5, 5.41) is 6.87. The van der Waals surface area contributed by atoms with Crippen LogP contribution in [0.3, 0.4) is 0 Å². The van der Waals surface area contributed by atoms with Gasteiger partial charge in [0.15, 0.2) is 11.5 Å². The van der Waals surface area contributed by atoms with Gasteiger partial charge < -0.3 is 25.0 Å². The number of carbonyl (C=O) groups excluding carboxylic acids is 2. The number of piperidine rings is 1. The van der Waals surface area contributed by atoms with Gasteiger partial charge in [-0.3, -0.25) is 9.69 Å². The van der Waals surface area contributed by atoms with E-state index in [9.17, 15) is 9.59 Å². The van der Waals surface area contributed by atoms with E-state index in [1.54, 1.807) is 11.1 Å². The van der Waals surface area contributed by atoms with Crippen LogP contribution in [0.2, 0.25) is 0 Å². The SMILES string of the molecule is Cc1cc(Oc2ccccc2OC(C)C)ccc1N1C(=O)Nc2c(C(=O)NC[C@@H]3CCCN(C)C3)sc3nccc1c23. The largest absolute Gasteiger partial charge is 0.487 e. The molecule has 2 aliphatic heterocycles. The Bertz CT molecular complexity index is 1650. The zero-order valence-electron chi connectivity index (χ0n) is 24.3. The first-order chi connectivity index (χ1) is 20.3. The molecule has 4 aromatic rings. The first-order valence-electron chi connectivity index (χ1n) is 14.3. The molecule has 0 saturated carbocycles. The maximum absolute atomic E-state index is 13.6. The van der Waals surface area contributed by atoms with Crippen molar-refractivity contribution in [3.63, 3.8) is 0 Å². The molecule has 1 saturated heterocycles. The zero-order valence-corrected chi connectivity index (χ0v) is 25.1. The van der Waals surface area contributed by atoms with Crippen LogP contribution in [-0.4, -0.2) is 54.6 Å². The number of carbonyl (C=O) groups is 2. The van der Waals surface area contributed by atoms with Crippen LogP contribution in [0, 0.1) is 12.8 Å². The van der Waals surface area contributed by atoms with Crippen LogP contribution in [0.4, 0.5) is 21.9 Å². The lowest BCUT2D eigenvalue weighted by Crippen LogP contribution is -2.39. The van der Waals surface area contributed by atoms with Crippen LogP contribution in [0.1, 0.15) is 41.9 Å². The maximum atomic E-state index is 13.6. The van der Waals surface area contributed by atoms with Gasteiger partial charge in [0.25, 0.3) is 5.91 Å². The summed E-state index contributed by atoms with van der Waals surface area (Å²) in [7, 11) is 2.11. The second kappa shape index (κ2) is 11.6. The molecule has 2 aromatic carbocycles. The summed E-state index contributed by atoms with van der Waals surface area (Å²) in [4.78, 5) is 36.6. The minimum atomic E-state index is -0.330. The van der Waals surface area contributed by atoms with Crippen molar-refractivity contribution < 1.29 is 19.1 Å². The lowest BCUT2D eigenvalue weighted by atomic mass is 9.98. The van der Waals surface area contributed by atoms with E-state index in [4.69, 9.17) is 9.47 Å². The number of ether oxygens (including phenoxy) is 2. The highest BCUT2D eigenvalue weighted by atomic mass is 32.1.